The number of carbonyl (C=O) groups is 1. The molecule has 0 spiro atoms. The maximum absolute atomic E-state index is 11.9. The average molecular weight is 298 g/mol. The quantitative estimate of drug-likeness (QED) is 0.910. The lowest BCUT2D eigenvalue weighted by Gasteiger charge is -2.14. The van der Waals surface area contributed by atoms with Crippen LogP contribution in [0.5, 0.6) is 0 Å². The monoisotopic (exact) mass is 297 g/mol. The van der Waals surface area contributed by atoms with E-state index in [1.807, 2.05) is 19.9 Å². The largest absolute Gasteiger partial charge is 0.368 e. The second-order valence-corrected chi connectivity index (χ2v) is 5.28. The Morgan fingerprint density at radius 1 is 1.47 bits per heavy atom. The van der Waals surface area contributed by atoms with Crippen molar-refractivity contribution in [1.29, 1.82) is 0 Å². The Hall–Kier alpha value is -0.870. The molecule has 0 saturated carbocycles. The number of ether oxygens (including phenoxy) is 1. The molecule has 0 radical (unpaired) electrons. The Morgan fingerprint density at radius 2 is 2.24 bits per heavy atom. The molecule has 17 heavy (non-hydrogen) atoms. The number of hydrogen-bond acceptors (Lipinski definition) is 2. The SMILES string of the molecule is Cc1cc(C)c(NC(=O)[C@@H]2CCCO2)c(Br)c1. The first-order valence-corrected chi connectivity index (χ1v) is 6.56. The fourth-order valence-electron chi connectivity index (χ4n) is 2.06. The molecule has 1 aromatic rings. The summed E-state index contributed by atoms with van der Waals surface area (Å²) in [7, 11) is 0. The molecule has 1 aromatic carbocycles. The van der Waals surface area contributed by atoms with Crippen LogP contribution in [0.1, 0.15) is 24.0 Å². The van der Waals surface area contributed by atoms with Gasteiger partial charge in [0.25, 0.3) is 5.91 Å². The van der Waals surface area contributed by atoms with Crippen LogP contribution in [0.25, 0.3) is 0 Å². The lowest BCUT2D eigenvalue weighted by Crippen LogP contribution is -2.27. The number of amides is 1. The average Bonchev–Trinajstić information content (AvgIpc) is 2.76. The van der Waals surface area contributed by atoms with Crippen molar-refractivity contribution in [2.24, 2.45) is 0 Å². The normalized spacial score (nSPS) is 19.4. The fraction of sp³-hybridized carbons (Fsp3) is 0.462. The first-order valence-electron chi connectivity index (χ1n) is 5.77. The Kier molecular flexibility index (Phi) is 3.84. The number of hydrogen-bond donors (Lipinski definition) is 1. The predicted molar refractivity (Wildman–Crippen MR) is 71.2 cm³/mol. The van der Waals surface area contributed by atoms with Crippen molar-refractivity contribution >= 4 is 27.5 Å². The van der Waals surface area contributed by atoms with E-state index in [1.165, 1.54) is 5.56 Å². The van der Waals surface area contributed by atoms with Crippen molar-refractivity contribution in [3.63, 3.8) is 0 Å². The van der Waals surface area contributed by atoms with Gasteiger partial charge >= 0.3 is 0 Å². The van der Waals surface area contributed by atoms with Crippen LogP contribution in [-0.4, -0.2) is 18.6 Å². The van der Waals surface area contributed by atoms with Crippen LogP contribution in [0.3, 0.4) is 0 Å². The Bertz CT molecular complexity index is 416. The summed E-state index contributed by atoms with van der Waals surface area (Å²) >= 11 is 3.48. The van der Waals surface area contributed by atoms with E-state index in [2.05, 4.69) is 27.3 Å². The summed E-state index contributed by atoms with van der Waals surface area (Å²) in [5.74, 6) is -0.0462. The highest BCUT2D eigenvalue weighted by Gasteiger charge is 2.24. The molecule has 1 fully saturated rings. The van der Waals surface area contributed by atoms with Gasteiger partial charge in [-0.25, -0.2) is 0 Å². The summed E-state index contributed by atoms with van der Waals surface area (Å²) in [6.07, 6.45) is 1.49. The van der Waals surface area contributed by atoms with Gasteiger partial charge in [-0.05, 0) is 59.8 Å². The zero-order chi connectivity index (χ0) is 12.4. The van der Waals surface area contributed by atoms with Gasteiger partial charge < -0.3 is 10.1 Å². The molecule has 1 atom stereocenters. The van der Waals surface area contributed by atoms with Crippen molar-refractivity contribution in [3.05, 3.63) is 27.7 Å². The van der Waals surface area contributed by atoms with Crippen LogP contribution < -0.4 is 5.32 Å². The molecule has 1 amide bonds. The number of nitrogens with one attached hydrogen (secondary N) is 1. The maximum Gasteiger partial charge on any atom is 0.253 e. The van der Waals surface area contributed by atoms with Crippen LogP contribution in [0.4, 0.5) is 5.69 Å². The number of anilines is 1. The lowest BCUT2D eigenvalue weighted by atomic mass is 10.1. The summed E-state index contributed by atoms with van der Waals surface area (Å²) in [5, 5.41) is 2.94. The lowest BCUT2D eigenvalue weighted by molar-refractivity contribution is -0.124. The molecule has 1 heterocycles. The third-order valence-corrected chi connectivity index (χ3v) is 3.53. The standard InChI is InChI=1S/C13H16BrNO2/c1-8-6-9(2)12(10(14)7-8)15-13(16)11-4-3-5-17-11/h6-7,11H,3-5H2,1-2H3,(H,15,16)/t11-/m0/s1. The number of halogens is 1. The van der Waals surface area contributed by atoms with Gasteiger partial charge in [-0.2, -0.15) is 0 Å². The zero-order valence-electron chi connectivity index (χ0n) is 10.0. The molecular formula is C13H16BrNO2. The summed E-state index contributed by atoms with van der Waals surface area (Å²) in [6.45, 7) is 4.71. The molecule has 0 unspecified atom stereocenters. The molecule has 1 N–H and O–H groups in total. The smallest absolute Gasteiger partial charge is 0.253 e. The van der Waals surface area contributed by atoms with Crippen molar-refractivity contribution in [2.45, 2.75) is 32.8 Å². The number of rotatable bonds is 2. The van der Waals surface area contributed by atoms with Crippen LogP contribution >= 0.6 is 15.9 Å². The van der Waals surface area contributed by atoms with Gasteiger partial charge in [-0.3, -0.25) is 4.79 Å². The Labute approximate surface area is 110 Å². The molecule has 1 aliphatic heterocycles. The number of carbonyl (C=O) groups excluding carboxylic acids is 1. The van der Waals surface area contributed by atoms with Gasteiger partial charge in [0.15, 0.2) is 0 Å². The molecular weight excluding hydrogens is 282 g/mol. The Morgan fingerprint density at radius 3 is 2.82 bits per heavy atom. The molecule has 1 aliphatic rings. The van der Waals surface area contributed by atoms with E-state index < -0.39 is 0 Å². The minimum Gasteiger partial charge on any atom is -0.368 e. The number of benzene rings is 1. The summed E-state index contributed by atoms with van der Waals surface area (Å²) in [5.41, 5.74) is 3.07. The van der Waals surface area contributed by atoms with E-state index in [0.29, 0.717) is 6.61 Å². The second-order valence-electron chi connectivity index (χ2n) is 4.43. The summed E-state index contributed by atoms with van der Waals surface area (Å²) < 4.78 is 6.28. The molecule has 3 nitrogen and oxygen atoms in total. The van der Waals surface area contributed by atoms with Gasteiger partial charge in [0.2, 0.25) is 0 Å². The van der Waals surface area contributed by atoms with Gasteiger partial charge in [-0.15, -0.1) is 0 Å². The fourth-order valence-corrected chi connectivity index (χ4v) is 2.84. The van der Waals surface area contributed by atoms with Crippen molar-refractivity contribution in [2.75, 3.05) is 11.9 Å². The van der Waals surface area contributed by atoms with E-state index in [-0.39, 0.29) is 12.0 Å². The third-order valence-electron chi connectivity index (χ3n) is 2.90. The third kappa shape index (κ3) is 2.87. The van der Waals surface area contributed by atoms with E-state index in [0.717, 1.165) is 28.6 Å². The Balaban J connectivity index is 2.15. The molecule has 0 bridgehead atoms. The van der Waals surface area contributed by atoms with E-state index in [1.54, 1.807) is 0 Å². The minimum absolute atomic E-state index is 0.0462. The van der Waals surface area contributed by atoms with E-state index >= 15 is 0 Å². The van der Waals surface area contributed by atoms with Crippen molar-refractivity contribution in [1.82, 2.24) is 0 Å². The highest BCUT2D eigenvalue weighted by atomic mass is 79.9. The van der Waals surface area contributed by atoms with Crippen molar-refractivity contribution in [3.8, 4) is 0 Å². The zero-order valence-corrected chi connectivity index (χ0v) is 11.6. The maximum atomic E-state index is 11.9. The summed E-state index contributed by atoms with van der Waals surface area (Å²) in [6, 6.07) is 4.05. The first-order chi connectivity index (χ1) is 8.08. The minimum atomic E-state index is -0.289. The van der Waals surface area contributed by atoms with Gasteiger partial charge in [0.05, 0.1) is 5.69 Å². The van der Waals surface area contributed by atoms with Gasteiger partial charge in [0, 0.05) is 11.1 Å². The topological polar surface area (TPSA) is 38.3 Å². The molecule has 92 valence electrons. The van der Waals surface area contributed by atoms with Crippen LogP contribution in [0.2, 0.25) is 0 Å². The first kappa shape index (κ1) is 12.6. The predicted octanol–water partition coefficient (Wildman–Crippen LogP) is 3.18. The molecule has 0 aliphatic carbocycles. The second kappa shape index (κ2) is 5.19. The highest BCUT2D eigenvalue weighted by molar-refractivity contribution is 9.10. The number of aryl methyl sites for hydroxylation is 2. The van der Waals surface area contributed by atoms with Crippen molar-refractivity contribution < 1.29 is 9.53 Å². The summed E-state index contributed by atoms with van der Waals surface area (Å²) in [4.78, 5) is 11.9. The van der Waals surface area contributed by atoms with E-state index in [4.69, 9.17) is 4.74 Å². The van der Waals surface area contributed by atoms with Crippen LogP contribution in [-0.2, 0) is 9.53 Å². The molecule has 4 heteroatoms. The molecule has 1 saturated heterocycles. The van der Waals surface area contributed by atoms with E-state index in [9.17, 15) is 4.79 Å². The van der Waals surface area contributed by atoms with Gasteiger partial charge in [0.1, 0.15) is 6.10 Å². The molecule has 2 rings (SSSR count). The van der Waals surface area contributed by atoms with Gasteiger partial charge in [-0.1, -0.05) is 6.07 Å². The van der Waals surface area contributed by atoms with Crippen LogP contribution in [0, 0.1) is 13.8 Å². The van der Waals surface area contributed by atoms with Crippen LogP contribution in [0.15, 0.2) is 16.6 Å². The molecule has 0 aromatic heterocycles. The highest BCUT2D eigenvalue weighted by Crippen LogP contribution is 2.28.